The lowest BCUT2D eigenvalue weighted by Crippen LogP contribution is -2.20. The SMILES string of the molecule is CCNCCOc1c(C)cc(Br)cc1Cl. The minimum atomic E-state index is 0.635. The number of hydrogen-bond donors (Lipinski definition) is 1. The minimum Gasteiger partial charge on any atom is -0.490 e. The highest BCUT2D eigenvalue weighted by molar-refractivity contribution is 9.10. The maximum Gasteiger partial charge on any atom is 0.140 e. The fourth-order valence-corrected chi connectivity index (χ4v) is 2.30. The van der Waals surface area contributed by atoms with Crippen LogP contribution < -0.4 is 10.1 Å². The molecule has 0 saturated carbocycles. The van der Waals surface area contributed by atoms with Crippen molar-refractivity contribution in [3.63, 3.8) is 0 Å². The molecule has 0 amide bonds. The lowest BCUT2D eigenvalue weighted by molar-refractivity contribution is 0.313. The second-order valence-electron chi connectivity index (χ2n) is 3.24. The Labute approximate surface area is 104 Å². The maximum absolute atomic E-state index is 6.07. The van der Waals surface area contributed by atoms with Crippen LogP contribution in [-0.4, -0.2) is 19.7 Å². The summed E-state index contributed by atoms with van der Waals surface area (Å²) in [5, 5.41) is 3.84. The van der Waals surface area contributed by atoms with Gasteiger partial charge in [0.05, 0.1) is 5.02 Å². The van der Waals surface area contributed by atoms with E-state index in [0.717, 1.165) is 28.9 Å². The van der Waals surface area contributed by atoms with Crippen molar-refractivity contribution >= 4 is 27.5 Å². The van der Waals surface area contributed by atoms with Crippen molar-refractivity contribution in [1.29, 1.82) is 0 Å². The first-order valence-electron chi connectivity index (χ1n) is 4.94. The van der Waals surface area contributed by atoms with Crippen LogP contribution in [0.3, 0.4) is 0 Å². The number of halogens is 2. The summed E-state index contributed by atoms with van der Waals surface area (Å²) in [7, 11) is 0. The molecule has 0 spiro atoms. The number of ether oxygens (including phenoxy) is 1. The van der Waals surface area contributed by atoms with Crippen LogP contribution in [0.2, 0.25) is 5.02 Å². The predicted molar refractivity (Wildman–Crippen MR) is 67.9 cm³/mol. The van der Waals surface area contributed by atoms with Gasteiger partial charge in [0.2, 0.25) is 0 Å². The molecule has 0 aromatic heterocycles. The van der Waals surface area contributed by atoms with Gasteiger partial charge in [-0.05, 0) is 31.2 Å². The van der Waals surface area contributed by atoms with E-state index in [1.165, 1.54) is 0 Å². The lowest BCUT2D eigenvalue weighted by atomic mass is 10.2. The fourth-order valence-electron chi connectivity index (χ4n) is 1.27. The van der Waals surface area contributed by atoms with Gasteiger partial charge in [0, 0.05) is 11.0 Å². The van der Waals surface area contributed by atoms with Crippen molar-refractivity contribution in [3.8, 4) is 5.75 Å². The molecule has 1 aromatic carbocycles. The zero-order valence-electron chi connectivity index (χ0n) is 8.94. The summed E-state index contributed by atoms with van der Waals surface area (Å²) in [5.74, 6) is 0.776. The molecule has 0 aliphatic rings. The summed E-state index contributed by atoms with van der Waals surface area (Å²) >= 11 is 9.46. The van der Waals surface area contributed by atoms with Crippen LogP contribution in [0.1, 0.15) is 12.5 Å². The summed E-state index contributed by atoms with van der Waals surface area (Å²) in [6.07, 6.45) is 0. The van der Waals surface area contributed by atoms with Crippen LogP contribution in [0, 0.1) is 6.92 Å². The fraction of sp³-hybridized carbons (Fsp3) is 0.455. The zero-order valence-corrected chi connectivity index (χ0v) is 11.3. The molecule has 0 radical (unpaired) electrons. The van der Waals surface area contributed by atoms with Gasteiger partial charge >= 0.3 is 0 Å². The van der Waals surface area contributed by atoms with Crippen molar-refractivity contribution in [2.24, 2.45) is 0 Å². The van der Waals surface area contributed by atoms with Crippen LogP contribution in [0.25, 0.3) is 0 Å². The molecule has 84 valence electrons. The molecular formula is C11H15BrClNO. The molecule has 0 aliphatic carbocycles. The molecule has 1 rings (SSSR count). The van der Waals surface area contributed by atoms with E-state index in [1.807, 2.05) is 19.1 Å². The topological polar surface area (TPSA) is 21.3 Å². The highest BCUT2D eigenvalue weighted by atomic mass is 79.9. The highest BCUT2D eigenvalue weighted by Gasteiger charge is 2.06. The van der Waals surface area contributed by atoms with Gasteiger partial charge in [-0.2, -0.15) is 0 Å². The molecule has 0 unspecified atom stereocenters. The number of likely N-dealkylation sites (N-methyl/N-ethyl adjacent to an activating group) is 1. The minimum absolute atomic E-state index is 0.635. The second kappa shape index (κ2) is 6.36. The molecule has 2 nitrogen and oxygen atoms in total. The molecule has 1 N–H and O–H groups in total. The van der Waals surface area contributed by atoms with E-state index in [-0.39, 0.29) is 0 Å². The first-order chi connectivity index (χ1) is 7.15. The zero-order chi connectivity index (χ0) is 11.3. The summed E-state index contributed by atoms with van der Waals surface area (Å²) in [5.41, 5.74) is 1.05. The predicted octanol–water partition coefficient (Wildman–Crippen LogP) is 3.40. The molecule has 0 saturated heterocycles. The van der Waals surface area contributed by atoms with Gasteiger partial charge in [-0.15, -0.1) is 0 Å². The molecule has 15 heavy (non-hydrogen) atoms. The quantitative estimate of drug-likeness (QED) is 0.840. The van der Waals surface area contributed by atoms with Gasteiger partial charge in [-0.1, -0.05) is 34.5 Å². The Balaban J connectivity index is 2.60. The number of rotatable bonds is 5. The lowest BCUT2D eigenvalue weighted by Gasteiger charge is -2.11. The van der Waals surface area contributed by atoms with Crippen molar-refractivity contribution in [1.82, 2.24) is 5.32 Å². The van der Waals surface area contributed by atoms with Gasteiger partial charge in [-0.25, -0.2) is 0 Å². The molecular weight excluding hydrogens is 277 g/mol. The average Bonchev–Trinajstić information content (AvgIpc) is 2.15. The Kier molecular flexibility index (Phi) is 5.43. The molecule has 0 atom stereocenters. The average molecular weight is 293 g/mol. The molecule has 0 bridgehead atoms. The highest BCUT2D eigenvalue weighted by Crippen LogP contribution is 2.31. The van der Waals surface area contributed by atoms with Crippen molar-refractivity contribution < 1.29 is 4.74 Å². The van der Waals surface area contributed by atoms with Crippen LogP contribution in [-0.2, 0) is 0 Å². The smallest absolute Gasteiger partial charge is 0.140 e. The van der Waals surface area contributed by atoms with Crippen molar-refractivity contribution in [2.45, 2.75) is 13.8 Å². The third-order valence-corrected chi connectivity index (χ3v) is 2.71. The van der Waals surface area contributed by atoms with E-state index in [1.54, 1.807) is 0 Å². The van der Waals surface area contributed by atoms with Crippen LogP contribution in [0.15, 0.2) is 16.6 Å². The summed E-state index contributed by atoms with van der Waals surface area (Å²) in [4.78, 5) is 0. The number of nitrogens with one attached hydrogen (secondary N) is 1. The number of hydrogen-bond acceptors (Lipinski definition) is 2. The van der Waals surface area contributed by atoms with Crippen LogP contribution in [0.5, 0.6) is 5.75 Å². The monoisotopic (exact) mass is 291 g/mol. The van der Waals surface area contributed by atoms with E-state index < -0.39 is 0 Å². The van der Waals surface area contributed by atoms with Gasteiger partial charge in [-0.3, -0.25) is 0 Å². The van der Waals surface area contributed by atoms with Gasteiger partial charge in [0.15, 0.2) is 0 Å². The van der Waals surface area contributed by atoms with E-state index in [4.69, 9.17) is 16.3 Å². The Morgan fingerprint density at radius 3 is 2.80 bits per heavy atom. The van der Waals surface area contributed by atoms with E-state index in [2.05, 4.69) is 28.2 Å². The Hall–Kier alpha value is -0.250. The van der Waals surface area contributed by atoms with E-state index >= 15 is 0 Å². The van der Waals surface area contributed by atoms with Crippen LogP contribution >= 0.6 is 27.5 Å². The Bertz CT molecular complexity index is 307. The number of aryl methyl sites for hydroxylation is 1. The first-order valence-corrected chi connectivity index (χ1v) is 6.11. The molecule has 0 aliphatic heterocycles. The van der Waals surface area contributed by atoms with Crippen LogP contribution in [0.4, 0.5) is 0 Å². The second-order valence-corrected chi connectivity index (χ2v) is 4.56. The van der Waals surface area contributed by atoms with Crippen molar-refractivity contribution in [2.75, 3.05) is 19.7 Å². The van der Waals surface area contributed by atoms with E-state index in [0.29, 0.717) is 11.6 Å². The van der Waals surface area contributed by atoms with Gasteiger partial charge < -0.3 is 10.1 Å². The third-order valence-electron chi connectivity index (χ3n) is 1.97. The Morgan fingerprint density at radius 1 is 1.47 bits per heavy atom. The number of benzene rings is 1. The Morgan fingerprint density at radius 2 is 2.20 bits per heavy atom. The normalized spacial score (nSPS) is 10.4. The molecule has 4 heteroatoms. The largest absolute Gasteiger partial charge is 0.490 e. The van der Waals surface area contributed by atoms with Gasteiger partial charge in [0.25, 0.3) is 0 Å². The molecule has 0 heterocycles. The standard InChI is InChI=1S/C11H15BrClNO/c1-3-14-4-5-15-11-8(2)6-9(12)7-10(11)13/h6-7,14H,3-5H2,1-2H3. The molecule has 0 fully saturated rings. The van der Waals surface area contributed by atoms with E-state index in [9.17, 15) is 0 Å². The summed E-state index contributed by atoms with van der Waals surface area (Å²) < 4.78 is 6.59. The molecule has 1 aromatic rings. The summed E-state index contributed by atoms with van der Waals surface area (Å²) in [6.45, 7) is 6.48. The third kappa shape index (κ3) is 4.01. The maximum atomic E-state index is 6.07. The first kappa shape index (κ1) is 12.8. The van der Waals surface area contributed by atoms with Crippen molar-refractivity contribution in [3.05, 3.63) is 27.2 Å². The van der Waals surface area contributed by atoms with Gasteiger partial charge in [0.1, 0.15) is 12.4 Å². The summed E-state index contributed by atoms with van der Waals surface area (Å²) in [6, 6.07) is 3.84.